The Labute approximate surface area is 133 Å². The fourth-order valence-electron chi connectivity index (χ4n) is 2.64. The highest BCUT2D eigenvalue weighted by atomic mass is 19.1. The third kappa shape index (κ3) is 3.53. The number of hydrogen-bond donors (Lipinski definition) is 1. The van der Waals surface area contributed by atoms with Gasteiger partial charge < -0.3 is 10.2 Å². The van der Waals surface area contributed by atoms with Crippen LogP contribution in [0.1, 0.15) is 12.8 Å². The van der Waals surface area contributed by atoms with Crippen LogP contribution in [0.5, 0.6) is 0 Å². The molecule has 1 aromatic carbocycles. The summed E-state index contributed by atoms with van der Waals surface area (Å²) in [6, 6.07) is 7.85. The molecule has 1 fully saturated rings. The van der Waals surface area contributed by atoms with Gasteiger partial charge in [0.15, 0.2) is 0 Å². The highest BCUT2D eigenvalue weighted by Crippen LogP contribution is 2.27. The van der Waals surface area contributed by atoms with Crippen LogP contribution in [-0.4, -0.2) is 34.8 Å². The van der Waals surface area contributed by atoms with Crippen LogP contribution in [0, 0.1) is 5.82 Å². The van der Waals surface area contributed by atoms with Gasteiger partial charge in [0.1, 0.15) is 5.82 Å². The molecule has 1 aliphatic rings. The number of nitrogens with zero attached hydrogens (tertiary/aromatic N) is 2. The quantitative estimate of drug-likeness (QED) is 0.943. The van der Waals surface area contributed by atoms with Crippen molar-refractivity contribution in [1.29, 1.82) is 0 Å². The summed E-state index contributed by atoms with van der Waals surface area (Å²) in [4.78, 5) is 29.3. The number of carbonyl (C=O) groups is 2. The lowest BCUT2D eigenvalue weighted by Gasteiger charge is -2.16. The summed E-state index contributed by atoms with van der Waals surface area (Å²) in [5, 5.41) is 2.76. The van der Waals surface area contributed by atoms with E-state index >= 15 is 0 Å². The van der Waals surface area contributed by atoms with Crippen molar-refractivity contribution < 1.29 is 14.0 Å². The summed E-state index contributed by atoms with van der Waals surface area (Å²) in [5.41, 5.74) is 1.83. The number of hydrogen-bond acceptors (Lipinski definition) is 3. The lowest BCUT2D eigenvalue weighted by atomic mass is 10.1. The van der Waals surface area contributed by atoms with E-state index in [9.17, 15) is 14.0 Å². The third-order valence-corrected chi connectivity index (χ3v) is 3.74. The van der Waals surface area contributed by atoms with Crippen LogP contribution in [0.25, 0.3) is 11.1 Å². The first-order valence-electron chi connectivity index (χ1n) is 7.41. The first-order valence-corrected chi connectivity index (χ1v) is 7.41. The van der Waals surface area contributed by atoms with E-state index in [-0.39, 0.29) is 24.2 Å². The monoisotopic (exact) mass is 313 g/mol. The average molecular weight is 313 g/mol. The molecule has 0 bridgehead atoms. The number of benzene rings is 1. The van der Waals surface area contributed by atoms with Crippen molar-refractivity contribution in [2.45, 2.75) is 12.8 Å². The summed E-state index contributed by atoms with van der Waals surface area (Å²) in [7, 11) is 0. The molecule has 1 aromatic heterocycles. The lowest BCUT2D eigenvalue weighted by molar-refractivity contribution is -0.131. The van der Waals surface area contributed by atoms with Gasteiger partial charge in [0.25, 0.3) is 0 Å². The average Bonchev–Trinajstić information content (AvgIpc) is 2.93. The Kier molecular flexibility index (Phi) is 4.32. The van der Waals surface area contributed by atoms with Crippen molar-refractivity contribution in [3.05, 3.63) is 48.5 Å². The van der Waals surface area contributed by atoms with E-state index in [2.05, 4.69) is 10.3 Å². The van der Waals surface area contributed by atoms with Crippen molar-refractivity contribution >= 4 is 17.5 Å². The molecule has 3 rings (SSSR count). The molecular formula is C17H16FN3O2. The van der Waals surface area contributed by atoms with Crippen LogP contribution >= 0.6 is 0 Å². The van der Waals surface area contributed by atoms with Gasteiger partial charge in [-0.2, -0.15) is 0 Å². The molecule has 5 nitrogen and oxygen atoms in total. The smallest absolute Gasteiger partial charge is 0.244 e. The molecule has 0 atom stereocenters. The highest BCUT2D eigenvalue weighted by molar-refractivity contribution is 5.98. The molecule has 0 radical (unpaired) electrons. The summed E-state index contributed by atoms with van der Waals surface area (Å²) in [5.74, 6) is -0.637. The number of rotatable bonds is 4. The predicted octanol–water partition coefficient (Wildman–Crippen LogP) is 2.45. The lowest BCUT2D eigenvalue weighted by Crippen LogP contribution is -2.34. The van der Waals surface area contributed by atoms with E-state index in [1.807, 2.05) is 0 Å². The zero-order chi connectivity index (χ0) is 16.2. The maximum Gasteiger partial charge on any atom is 0.244 e. The number of pyridine rings is 1. The molecule has 0 aliphatic carbocycles. The van der Waals surface area contributed by atoms with Crippen LogP contribution in [0.3, 0.4) is 0 Å². The Balaban J connectivity index is 1.78. The molecule has 0 saturated carbocycles. The Bertz CT molecular complexity index is 748. The van der Waals surface area contributed by atoms with Crippen molar-refractivity contribution in [2.75, 3.05) is 18.4 Å². The van der Waals surface area contributed by atoms with E-state index in [0.29, 0.717) is 29.8 Å². The third-order valence-electron chi connectivity index (χ3n) is 3.74. The zero-order valence-electron chi connectivity index (χ0n) is 12.5. The van der Waals surface area contributed by atoms with Crippen LogP contribution in [0.15, 0.2) is 42.7 Å². The molecule has 1 saturated heterocycles. The van der Waals surface area contributed by atoms with Gasteiger partial charge in [-0.25, -0.2) is 4.39 Å². The van der Waals surface area contributed by atoms with Crippen LogP contribution < -0.4 is 5.32 Å². The first-order chi connectivity index (χ1) is 11.1. The first kappa shape index (κ1) is 15.1. The van der Waals surface area contributed by atoms with E-state index in [1.54, 1.807) is 24.4 Å². The molecule has 23 heavy (non-hydrogen) atoms. The normalized spacial score (nSPS) is 14.1. The van der Waals surface area contributed by atoms with Gasteiger partial charge in [-0.15, -0.1) is 0 Å². The fraction of sp³-hybridized carbons (Fsp3) is 0.235. The van der Waals surface area contributed by atoms with Gasteiger partial charge in [-0.1, -0.05) is 12.1 Å². The Morgan fingerprint density at radius 3 is 2.96 bits per heavy atom. The summed E-state index contributed by atoms with van der Waals surface area (Å²) in [6.45, 7) is 0.631. The molecule has 1 N–H and O–H groups in total. The van der Waals surface area contributed by atoms with Gasteiger partial charge in [0.2, 0.25) is 11.8 Å². The molecule has 2 amide bonds. The maximum absolute atomic E-state index is 13.4. The van der Waals surface area contributed by atoms with Gasteiger partial charge in [0.05, 0.1) is 18.4 Å². The Hall–Kier alpha value is -2.76. The van der Waals surface area contributed by atoms with Gasteiger partial charge in [0, 0.05) is 24.7 Å². The molecule has 0 unspecified atom stereocenters. The fourth-order valence-corrected chi connectivity index (χ4v) is 2.64. The number of likely N-dealkylation sites (tertiary alicyclic amines) is 1. The van der Waals surface area contributed by atoms with Crippen LogP contribution in [0.4, 0.5) is 10.1 Å². The second kappa shape index (κ2) is 6.56. The number of nitrogens with one attached hydrogen (secondary N) is 1. The minimum absolute atomic E-state index is 0.00306. The standard InChI is InChI=1S/C17H16FN3O2/c18-13-4-1-3-12(9-13)14-6-7-19-10-15(14)20-16(22)11-21-8-2-5-17(21)23/h1,3-4,6-7,9-10H,2,5,8,11H2,(H,20,22). The summed E-state index contributed by atoms with van der Waals surface area (Å²) < 4.78 is 13.4. The van der Waals surface area contributed by atoms with Crippen LogP contribution in [-0.2, 0) is 9.59 Å². The van der Waals surface area contributed by atoms with Crippen LogP contribution in [0.2, 0.25) is 0 Å². The van der Waals surface area contributed by atoms with E-state index in [1.165, 1.54) is 23.2 Å². The number of halogens is 1. The minimum atomic E-state index is -0.348. The van der Waals surface area contributed by atoms with Gasteiger partial charge in [-0.05, 0) is 30.2 Å². The molecule has 0 spiro atoms. The second-order valence-corrected chi connectivity index (χ2v) is 5.40. The molecular weight excluding hydrogens is 297 g/mol. The maximum atomic E-state index is 13.4. The van der Waals surface area contributed by atoms with E-state index in [4.69, 9.17) is 0 Å². The number of amides is 2. The Morgan fingerprint density at radius 1 is 1.35 bits per heavy atom. The minimum Gasteiger partial charge on any atom is -0.333 e. The largest absolute Gasteiger partial charge is 0.333 e. The van der Waals surface area contributed by atoms with Gasteiger partial charge >= 0.3 is 0 Å². The molecule has 6 heteroatoms. The highest BCUT2D eigenvalue weighted by Gasteiger charge is 2.22. The van der Waals surface area contributed by atoms with Crippen molar-refractivity contribution in [2.24, 2.45) is 0 Å². The SMILES string of the molecule is O=C(CN1CCCC1=O)Nc1cnccc1-c1cccc(F)c1. The topological polar surface area (TPSA) is 62.3 Å². The number of aromatic nitrogens is 1. The predicted molar refractivity (Wildman–Crippen MR) is 84.1 cm³/mol. The molecule has 2 heterocycles. The summed E-state index contributed by atoms with van der Waals surface area (Å²) in [6.07, 6.45) is 4.38. The van der Waals surface area contributed by atoms with E-state index < -0.39 is 0 Å². The summed E-state index contributed by atoms with van der Waals surface area (Å²) >= 11 is 0. The van der Waals surface area contributed by atoms with Crippen molar-refractivity contribution in [3.63, 3.8) is 0 Å². The zero-order valence-corrected chi connectivity index (χ0v) is 12.5. The number of carbonyl (C=O) groups excluding carboxylic acids is 2. The van der Waals surface area contributed by atoms with Gasteiger partial charge in [-0.3, -0.25) is 14.6 Å². The van der Waals surface area contributed by atoms with Crippen molar-refractivity contribution in [1.82, 2.24) is 9.88 Å². The van der Waals surface area contributed by atoms with E-state index in [0.717, 1.165) is 6.42 Å². The molecule has 1 aliphatic heterocycles. The van der Waals surface area contributed by atoms with Crippen molar-refractivity contribution in [3.8, 4) is 11.1 Å². The molecule has 118 valence electrons. The second-order valence-electron chi connectivity index (χ2n) is 5.40. The molecule has 2 aromatic rings. The number of anilines is 1. The Morgan fingerprint density at radius 2 is 2.22 bits per heavy atom.